The lowest BCUT2D eigenvalue weighted by Crippen LogP contribution is -2.32. The van der Waals surface area contributed by atoms with Gasteiger partial charge in [0.15, 0.2) is 0 Å². The molecular weight excluding hydrogens is 258 g/mol. The van der Waals surface area contributed by atoms with E-state index in [1.807, 2.05) is 12.1 Å². The minimum absolute atomic E-state index is 0.224. The summed E-state index contributed by atoms with van der Waals surface area (Å²) in [6.07, 6.45) is 2.27. The fourth-order valence-corrected chi connectivity index (χ4v) is 2.59. The number of hydrogen-bond donors (Lipinski definition) is 1. The summed E-state index contributed by atoms with van der Waals surface area (Å²) in [7, 11) is 1.70. The van der Waals surface area contributed by atoms with Gasteiger partial charge in [-0.2, -0.15) is 0 Å². The van der Waals surface area contributed by atoms with Gasteiger partial charge in [-0.15, -0.1) is 0 Å². The highest BCUT2D eigenvalue weighted by molar-refractivity contribution is 5.35. The van der Waals surface area contributed by atoms with Gasteiger partial charge in [-0.05, 0) is 36.1 Å². The molecule has 0 bridgehead atoms. The summed E-state index contributed by atoms with van der Waals surface area (Å²) in [4.78, 5) is 0. The molecule has 21 heavy (non-hydrogen) atoms. The van der Waals surface area contributed by atoms with Crippen LogP contribution < -0.4 is 10.1 Å². The van der Waals surface area contributed by atoms with Crippen LogP contribution in [0.3, 0.4) is 0 Å². The van der Waals surface area contributed by atoms with E-state index in [2.05, 4.69) is 61.6 Å². The highest BCUT2D eigenvalue weighted by atomic mass is 16.5. The van der Waals surface area contributed by atoms with Crippen LogP contribution >= 0.6 is 0 Å². The van der Waals surface area contributed by atoms with Gasteiger partial charge in [0.05, 0.1) is 13.2 Å². The van der Waals surface area contributed by atoms with Crippen molar-refractivity contribution in [2.45, 2.75) is 38.8 Å². The first-order valence-corrected chi connectivity index (χ1v) is 7.73. The summed E-state index contributed by atoms with van der Waals surface area (Å²) in [5.74, 6) is 0.896. The first-order chi connectivity index (χ1) is 10.3. The zero-order valence-corrected chi connectivity index (χ0v) is 13.2. The van der Waals surface area contributed by atoms with Crippen LogP contribution in [0, 0.1) is 0 Å². The minimum Gasteiger partial charge on any atom is -0.497 e. The van der Waals surface area contributed by atoms with Gasteiger partial charge < -0.3 is 10.1 Å². The monoisotopic (exact) mass is 283 g/mol. The van der Waals surface area contributed by atoms with Crippen molar-refractivity contribution >= 4 is 0 Å². The molecule has 0 spiro atoms. The SMILES string of the molecule is CCC(CC)NC(c1ccccc1)c1ccc(OC)cc1. The van der Waals surface area contributed by atoms with Gasteiger partial charge in [-0.3, -0.25) is 0 Å². The van der Waals surface area contributed by atoms with Gasteiger partial charge in [0, 0.05) is 6.04 Å². The van der Waals surface area contributed by atoms with Crippen LogP contribution in [0.1, 0.15) is 43.9 Å². The number of methoxy groups -OCH3 is 1. The molecule has 0 fully saturated rings. The maximum Gasteiger partial charge on any atom is 0.118 e. The van der Waals surface area contributed by atoms with Gasteiger partial charge in [-0.1, -0.05) is 56.3 Å². The van der Waals surface area contributed by atoms with Crippen molar-refractivity contribution in [1.82, 2.24) is 5.32 Å². The molecule has 1 atom stereocenters. The highest BCUT2D eigenvalue weighted by Crippen LogP contribution is 2.25. The summed E-state index contributed by atoms with van der Waals surface area (Å²) in [6, 6.07) is 19.7. The molecule has 0 saturated carbocycles. The summed E-state index contributed by atoms with van der Waals surface area (Å²) in [6.45, 7) is 4.47. The van der Waals surface area contributed by atoms with Crippen molar-refractivity contribution in [3.8, 4) is 5.75 Å². The Morgan fingerprint density at radius 2 is 1.43 bits per heavy atom. The summed E-state index contributed by atoms with van der Waals surface area (Å²) < 4.78 is 5.26. The standard InChI is InChI=1S/C19H25NO/c1-4-17(5-2)20-19(15-9-7-6-8-10-15)16-11-13-18(21-3)14-12-16/h6-14,17,19-20H,4-5H2,1-3H3. The number of ether oxygens (including phenoxy) is 1. The summed E-state index contributed by atoms with van der Waals surface area (Å²) >= 11 is 0. The van der Waals surface area contributed by atoms with Crippen molar-refractivity contribution in [2.24, 2.45) is 0 Å². The normalized spacial score (nSPS) is 12.4. The third kappa shape index (κ3) is 4.08. The van der Waals surface area contributed by atoms with Gasteiger partial charge >= 0.3 is 0 Å². The number of nitrogens with one attached hydrogen (secondary N) is 1. The molecule has 2 rings (SSSR count). The van der Waals surface area contributed by atoms with E-state index < -0.39 is 0 Å². The fraction of sp³-hybridized carbons (Fsp3) is 0.368. The fourth-order valence-electron chi connectivity index (χ4n) is 2.59. The molecule has 0 aliphatic carbocycles. The smallest absolute Gasteiger partial charge is 0.118 e. The van der Waals surface area contributed by atoms with E-state index in [0.717, 1.165) is 18.6 Å². The summed E-state index contributed by atoms with van der Waals surface area (Å²) in [5.41, 5.74) is 2.57. The van der Waals surface area contributed by atoms with Crippen molar-refractivity contribution in [3.05, 3.63) is 65.7 Å². The van der Waals surface area contributed by atoms with E-state index in [1.54, 1.807) is 7.11 Å². The quantitative estimate of drug-likeness (QED) is 0.804. The molecule has 1 unspecified atom stereocenters. The number of hydrogen-bond acceptors (Lipinski definition) is 2. The zero-order valence-electron chi connectivity index (χ0n) is 13.2. The second-order valence-corrected chi connectivity index (χ2v) is 5.30. The molecule has 0 radical (unpaired) electrons. The molecule has 0 aliphatic rings. The lowest BCUT2D eigenvalue weighted by atomic mass is 9.97. The lowest BCUT2D eigenvalue weighted by molar-refractivity contribution is 0.413. The third-order valence-electron chi connectivity index (χ3n) is 3.97. The molecule has 0 heterocycles. The van der Waals surface area contributed by atoms with Crippen LogP contribution in [0.5, 0.6) is 5.75 Å². The maximum atomic E-state index is 5.26. The molecule has 112 valence electrons. The summed E-state index contributed by atoms with van der Waals surface area (Å²) in [5, 5.41) is 3.78. The van der Waals surface area contributed by atoms with Crippen molar-refractivity contribution in [3.63, 3.8) is 0 Å². The van der Waals surface area contributed by atoms with E-state index in [0.29, 0.717) is 6.04 Å². The number of rotatable bonds is 7. The Kier molecular flexibility index (Phi) is 5.82. The largest absolute Gasteiger partial charge is 0.497 e. The predicted molar refractivity (Wildman–Crippen MR) is 88.8 cm³/mol. The van der Waals surface area contributed by atoms with Gasteiger partial charge in [0.25, 0.3) is 0 Å². The van der Waals surface area contributed by atoms with Crippen LogP contribution in [-0.4, -0.2) is 13.2 Å². The average molecular weight is 283 g/mol. The molecule has 1 N–H and O–H groups in total. The lowest BCUT2D eigenvalue weighted by Gasteiger charge is -2.25. The van der Waals surface area contributed by atoms with E-state index in [9.17, 15) is 0 Å². The molecular formula is C19H25NO. The van der Waals surface area contributed by atoms with Crippen molar-refractivity contribution in [1.29, 1.82) is 0 Å². The highest BCUT2D eigenvalue weighted by Gasteiger charge is 2.16. The molecule has 2 aromatic carbocycles. The maximum absolute atomic E-state index is 5.26. The van der Waals surface area contributed by atoms with Gasteiger partial charge in [-0.25, -0.2) is 0 Å². The van der Waals surface area contributed by atoms with Crippen LogP contribution in [-0.2, 0) is 0 Å². The molecule has 0 aliphatic heterocycles. The van der Waals surface area contributed by atoms with E-state index >= 15 is 0 Å². The van der Waals surface area contributed by atoms with Gasteiger partial charge in [0.2, 0.25) is 0 Å². The second kappa shape index (κ2) is 7.84. The Morgan fingerprint density at radius 1 is 0.857 bits per heavy atom. The van der Waals surface area contributed by atoms with Gasteiger partial charge in [0.1, 0.15) is 5.75 Å². The average Bonchev–Trinajstić information content (AvgIpc) is 2.57. The Labute approximate surface area is 128 Å². The Morgan fingerprint density at radius 3 is 1.95 bits per heavy atom. The Hall–Kier alpha value is -1.80. The minimum atomic E-state index is 0.224. The third-order valence-corrected chi connectivity index (χ3v) is 3.97. The Bertz CT molecular complexity index is 517. The van der Waals surface area contributed by atoms with Crippen LogP contribution in [0.15, 0.2) is 54.6 Å². The van der Waals surface area contributed by atoms with Crippen LogP contribution in [0.25, 0.3) is 0 Å². The van der Waals surface area contributed by atoms with E-state index in [1.165, 1.54) is 11.1 Å². The second-order valence-electron chi connectivity index (χ2n) is 5.30. The molecule has 0 saturated heterocycles. The zero-order chi connectivity index (χ0) is 15.1. The van der Waals surface area contributed by atoms with Crippen molar-refractivity contribution < 1.29 is 4.74 Å². The molecule has 2 aromatic rings. The molecule has 2 nitrogen and oxygen atoms in total. The molecule has 0 amide bonds. The van der Waals surface area contributed by atoms with E-state index in [-0.39, 0.29) is 6.04 Å². The van der Waals surface area contributed by atoms with Crippen molar-refractivity contribution in [2.75, 3.05) is 7.11 Å². The predicted octanol–water partition coefficient (Wildman–Crippen LogP) is 4.56. The molecule has 0 aromatic heterocycles. The molecule has 2 heteroatoms. The van der Waals surface area contributed by atoms with Crippen LogP contribution in [0.2, 0.25) is 0 Å². The Balaban J connectivity index is 2.30. The first kappa shape index (κ1) is 15.6. The van der Waals surface area contributed by atoms with E-state index in [4.69, 9.17) is 4.74 Å². The number of benzene rings is 2. The first-order valence-electron chi connectivity index (χ1n) is 7.73. The van der Waals surface area contributed by atoms with Crippen LogP contribution in [0.4, 0.5) is 0 Å². The topological polar surface area (TPSA) is 21.3 Å².